The van der Waals surface area contributed by atoms with E-state index in [1.165, 1.54) is 6.42 Å². The van der Waals surface area contributed by atoms with Gasteiger partial charge in [-0.15, -0.1) is 0 Å². The monoisotopic (exact) mass is 186 g/mol. The molecule has 0 aromatic carbocycles. The van der Waals surface area contributed by atoms with Crippen molar-refractivity contribution in [3.8, 4) is 0 Å². The maximum atomic E-state index is 5.84. The van der Waals surface area contributed by atoms with Crippen molar-refractivity contribution in [3.05, 3.63) is 0 Å². The Morgan fingerprint density at radius 2 is 2.08 bits per heavy atom. The van der Waals surface area contributed by atoms with E-state index in [0.717, 1.165) is 12.8 Å². The summed E-state index contributed by atoms with van der Waals surface area (Å²) in [7, 11) is 0. The number of rotatable bonds is 3. The largest absolute Gasteiger partial charge is 0.350 e. The van der Waals surface area contributed by atoms with Gasteiger partial charge in [-0.25, -0.2) is 0 Å². The lowest BCUT2D eigenvalue weighted by molar-refractivity contribution is -0.221. The van der Waals surface area contributed by atoms with Crippen molar-refractivity contribution in [2.45, 2.75) is 65.5 Å². The van der Waals surface area contributed by atoms with Gasteiger partial charge in [-0.2, -0.15) is 0 Å². The maximum absolute atomic E-state index is 5.84. The lowest BCUT2D eigenvalue weighted by atomic mass is 9.94. The van der Waals surface area contributed by atoms with Crippen molar-refractivity contribution < 1.29 is 9.47 Å². The Morgan fingerprint density at radius 1 is 1.38 bits per heavy atom. The summed E-state index contributed by atoms with van der Waals surface area (Å²) in [5.74, 6) is 0.692. The molecule has 0 aromatic rings. The van der Waals surface area contributed by atoms with Crippen molar-refractivity contribution in [2.24, 2.45) is 5.92 Å². The van der Waals surface area contributed by atoms with Crippen LogP contribution in [0.3, 0.4) is 0 Å². The zero-order valence-electron chi connectivity index (χ0n) is 9.25. The highest BCUT2D eigenvalue weighted by molar-refractivity contribution is 4.71. The Kier molecular flexibility index (Phi) is 4.20. The molecule has 78 valence electrons. The third kappa shape index (κ3) is 3.28. The summed E-state index contributed by atoms with van der Waals surface area (Å²) in [5.41, 5.74) is 0. The van der Waals surface area contributed by atoms with Crippen LogP contribution in [-0.4, -0.2) is 18.5 Å². The normalized spacial score (nSPS) is 35.3. The number of ether oxygens (including phenoxy) is 2. The molecule has 1 saturated heterocycles. The van der Waals surface area contributed by atoms with E-state index >= 15 is 0 Å². The van der Waals surface area contributed by atoms with Gasteiger partial charge in [0.1, 0.15) is 0 Å². The molecule has 0 radical (unpaired) electrons. The summed E-state index contributed by atoms with van der Waals surface area (Å²) in [4.78, 5) is 0. The van der Waals surface area contributed by atoms with Crippen LogP contribution < -0.4 is 0 Å². The predicted molar refractivity (Wildman–Crippen MR) is 53.6 cm³/mol. The SMILES string of the molecule is CC[C@H]1O[C@H](OC(C)C)CC[C@@H]1C. The molecule has 0 unspecified atom stereocenters. The van der Waals surface area contributed by atoms with Crippen molar-refractivity contribution in [1.82, 2.24) is 0 Å². The highest BCUT2D eigenvalue weighted by Crippen LogP contribution is 2.27. The number of hydrogen-bond donors (Lipinski definition) is 0. The second-order valence-corrected chi connectivity index (χ2v) is 4.25. The zero-order valence-corrected chi connectivity index (χ0v) is 9.25. The molecule has 0 aliphatic carbocycles. The Morgan fingerprint density at radius 3 is 2.62 bits per heavy atom. The van der Waals surface area contributed by atoms with E-state index in [1.807, 2.05) is 0 Å². The van der Waals surface area contributed by atoms with Crippen LogP contribution >= 0.6 is 0 Å². The third-order valence-electron chi connectivity index (χ3n) is 2.65. The average Bonchev–Trinajstić information content (AvgIpc) is 2.07. The fourth-order valence-corrected chi connectivity index (χ4v) is 1.88. The van der Waals surface area contributed by atoms with Crippen LogP contribution in [0, 0.1) is 5.92 Å². The van der Waals surface area contributed by atoms with Gasteiger partial charge in [-0.05, 0) is 39.0 Å². The van der Waals surface area contributed by atoms with Crippen LogP contribution in [0.1, 0.15) is 47.0 Å². The van der Waals surface area contributed by atoms with Crippen molar-refractivity contribution in [3.63, 3.8) is 0 Å². The van der Waals surface area contributed by atoms with Crippen molar-refractivity contribution in [1.29, 1.82) is 0 Å². The average molecular weight is 186 g/mol. The minimum Gasteiger partial charge on any atom is -0.350 e. The standard InChI is InChI=1S/C11H22O2/c1-5-10-9(4)6-7-11(13-10)12-8(2)3/h8-11H,5-7H2,1-4H3/t9-,10+,11-/m0/s1. The minimum atomic E-state index is 0.0427. The smallest absolute Gasteiger partial charge is 0.158 e. The van der Waals surface area contributed by atoms with Gasteiger partial charge in [0.15, 0.2) is 6.29 Å². The summed E-state index contributed by atoms with van der Waals surface area (Å²) in [6.45, 7) is 8.56. The van der Waals surface area contributed by atoms with E-state index in [0.29, 0.717) is 12.0 Å². The maximum Gasteiger partial charge on any atom is 0.158 e. The first-order valence-corrected chi connectivity index (χ1v) is 5.44. The van der Waals surface area contributed by atoms with Crippen LogP contribution in [-0.2, 0) is 9.47 Å². The molecule has 0 saturated carbocycles. The Balaban J connectivity index is 2.36. The topological polar surface area (TPSA) is 18.5 Å². The molecular formula is C11H22O2. The molecular weight excluding hydrogens is 164 g/mol. The van der Waals surface area contributed by atoms with Crippen LogP contribution in [0.4, 0.5) is 0 Å². The van der Waals surface area contributed by atoms with E-state index in [2.05, 4.69) is 27.7 Å². The molecule has 0 spiro atoms. The van der Waals surface area contributed by atoms with Gasteiger partial charge in [0, 0.05) is 0 Å². The van der Waals surface area contributed by atoms with E-state index in [4.69, 9.17) is 9.47 Å². The summed E-state index contributed by atoms with van der Waals surface area (Å²) in [6, 6.07) is 0. The predicted octanol–water partition coefficient (Wildman–Crippen LogP) is 2.96. The first kappa shape index (κ1) is 11.0. The van der Waals surface area contributed by atoms with Gasteiger partial charge in [0.25, 0.3) is 0 Å². The van der Waals surface area contributed by atoms with Gasteiger partial charge < -0.3 is 9.47 Å². The van der Waals surface area contributed by atoms with Gasteiger partial charge in [0.05, 0.1) is 12.2 Å². The highest BCUT2D eigenvalue weighted by atomic mass is 16.7. The van der Waals surface area contributed by atoms with Crippen LogP contribution in [0.2, 0.25) is 0 Å². The van der Waals surface area contributed by atoms with Gasteiger partial charge in [0.2, 0.25) is 0 Å². The summed E-state index contributed by atoms with van der Waals surface area (Å²) in [5, 5.41) is 0. The summed E-state index contributed by atoms with van der Waals surface area (Å²) < 4.78 is 11.5. The molecule has 0 amide bonds. The fourth-order valence-electron chi connectivity index (χ4n) is 1.88. The lowest BCUT2D eigenvalue weighted by Crippen LogP contribution is -2.36. The van der Waals surface area contributed by atoms with Crippen LogP contribution in [0.5, 0.6) is 0 Å². The molecule has 2 nitrogen and oxygen atoms in total. The zero-order chi connectivity index (χ0) is 9.84. The van der Waals surface area contributed by atoms with E-state index in [1.54, 1.807) is 0 Å². The van der Waals surface area contributed by atoms with E-state index in [-0.39, 0.29) is 12.4 Å². The summed E-state index contributed by atoms with van der Waals surface area (Å²) in [6.07, 6.45) is 4.10. The van der Waals surface area contributed by atoms with Crippen molar-refractivity contribution in [2.75, 3.05) is 0 Å². The minimum absolute atomic E-state index is 0.0427. The number of hydrogen-bond acceptors (Lipinski definition) is 2. The molecule has 0 aromatic heterocycles. The molecule has 0 N–H and O–H groups in total. The fraction of sp³-hybridized carbons (Fsp3) is 1.00. The first-order chi connectivity index (χ1) is 6.13. The van der Waals surface area contributed by atoms with Gasteiger partial charge >= 0.3 is 0 Å². The Bertz CT molecular complexity index is 145. The molecule has 2 heteroatoms. The Labute approximate surface area is 81.6 Å². The lowest BCUT2D eigenvalue weighted by Gasteiger charge is -2.34. The molecule has 0 bridgehead atoms. The molecule has 1 fully saturated rings. The van der Waals surface area contributed by atoms with E-state index < -0.39 is 0 Å². The highest BCUT2D eigenvalue weighted by Gasteiger charge is 2.27. The molecule has 1 aliphatic rings. The molecule has 3 atom stereocenters. The molecule has 1 rings (SSSR count). The van der Waals surface area contributed by atoms with Gasteiger partial charge in [-0.1, -0.05) is 13.8 Å². The molecule has 1 heterocycles. The van der Waals surface area contributed by atoms with Crippen molar-refractivity contribution >= 4 is 0 Å². The van der Waals surface area contributed by atoms with Crippen LogP contribution in [0.15, 0.2) is 0 Å². The van der Waals surface area contributed by atoms with Crippen LogP contribution in [0.25, 0.3) is 0 Å². The van der Waals surface area contributed by atoms with Gasteiger partial charge in [-0.3, -0.25) is 0 Å². The third-order valence-corrected chi connectivity index (χ3v) is 2.65. The molecule has 1 aliphatic heterocycles. The summed E-state index contributed by atoms with van der Waals surface area (Å²) >= 11 is 0. The second kappa shape index (κ2) is 4.97. The second-order valence-electron chi connectivity index (χ2n) is 4.25. The van der Waals surface area contributed by atoms with E-state index in [9.17, 15) is 0 Å². The molecule has 13 heavy (non-hydrogen) atoms. The first-order valence-electron chi connectivity index (χ1n) is 5.44. The quantitative estimate of drug-likeness (QED) is 0.674. The Hall–Kier alpha value is -0.0800.